The Morgan fingerprint density at radius 1 is 1.23 bits per heavy atom. The SMILES string of the molecule is CCOC(=O)c1c(NC(=O)C[NH+]2CCN(c3cccc[nH+]3)CC2)oc(C)c1C(C)=O. The highest BCUT2D eigenvalue weighted by molar-refractivity contribution is 6.10. The molecular weight excluding hydrogens is 388 g/mol. The first-order valence-corrected chi connectivity index (χ1v) is 10.1. The summed E-state index contributed by atoms with van der Waals surface area (Å²) in [5.74, 6) is 0.0233. The molecule has 2 aromatic heterocycles. The number of nitrogens with one attached hydrogen (secondary N) is 3. The van der Waals surface area contributed by atoms with Gasteiger partial charge in [0.25, 0.3) is 11.7 Å². The molecule has 1 aliphatic heterocycles. The van der Waals surface area contributed by atoms with Crippen LogP contribution in [0.4, 0.5) is 11.7 Å². The molecule has 1 fully saturated rings. The number of carbonyl (C=O) groups is 3. The molecule has 3 rings (SSSR count). The van der Waals surface area contributed by atoms with E-state index >= 15 is 0 Å². The maximum absolute atomic E-state index is 12.6. The summed E-state index contributed by atoms with van der Waals surface area (Å²) in [4.78, 5) is 43.5. The second-order valence-corrected chi connectivity index (χ2v) is 7.22. The third-order valence-electron chi connectivity index (χ3n) is 5.08. The second-order valence-electron chi connectivity index (χ2n) is 7.22. The Balaban J connectivity index is 1.63. The molecule has 3 heterocycles. The van der Waals surface area contributed by atoms with E-state index in [0.29, 0.717) is 0 Å². The van der Waals surface area contributed by atoms with E-state index in [4.69, 9.17) is 9.15 Å². The van der Waals surface area contributed by atoms with Gasteiger partial charge in [-0.3, -0.25) is 19.8 Å². The number of anilines is 2. The third-order valence-corrected chi connectivity index (χ3v) is 5.08. The van der Waals surface area contributed by atoms with Gasteiger partial charge in [-0.1, -0.05) is 6.07 Å². The van der Waals surface area contributed by atoms with Gasteiger partial charge < -0.3 is 14.1 Å². The van der Waals surface area contributed by atoms with Crippen LogP contribution in [0, 0.1) is 6.92 Å². The van der Waals surface area contributed by atoms with Gasteiger partial charge in [-0.25, -0.2) is 9.78 Å². The van der Waals surface area contributed by atoms with Crippen molar-refractivity contribution in [2.24, 2.45) is 0 Å². The lowest BCUT2D eigenvalue weighted by molar-refractivity contribution is -0.892. The van der Waals surface area contributed by atoms with E-state index in [1.807, 2.05) is 24.4 Å². The molecule has 160 valence electrons. The lowest BCUT2D eigenvalue weighted by atomic mass is 10.1. The van der Waals surface area contributed by atoms with Crippen LogP contribution in [-0.2, 0) is 9.53 Å². The fourth-order valence-corrected chi connectivity index (χ4v) is 3.67. The summed E-state index contributed by atoms with van der Waals surface area (Å²) < 4.78 is 10.6. The van der Waals surface area contributed by atoms with Crippen LogP contribution in [0.1, 0.15) is 40.3 Å². The predicted octanol–water partition coefficient (Wildman–Crippen LogP) is 0.125. The average Bonchev–Trinajstić information content (AvgIpc) is 3.05. The van der Waals surface area contributed by atoms with Gasteiger partial charge in [0.1, 0.15) is 37.5 Å². The minimum absolute atomic E-state index is 0.0189. The molecule has 1 aliphatic rings. The van der Waals surface area contributed by atoms with Crippen LogP contribution in [-0.4, -0.2) is 57.0 Å². The van der Waals surface area contributed by atoms with Crippen molar-refractivity contribution in [1.29, 1.82) is 0 Å². The minimum Gasteiger partial charge on any atom is -0.462 e. The van der Waals surface area contributed by atoms with E-state index in [0.717, 1.165) is 36.9 Å². The first kappa shape index (κ1) is 21.5. The smallest absolute Gasteiger partial charge is 0.344 e. The summed E-state index contributed by atoms with van der Waals surface area (Å²) in [6.07, 6.45) is 1.89. The number of hydrogen-bond acceptors (Lipinski definition) is 6. The molecule has 9 nitrogen and oxygen atoms in total. The summed E-state index contributed by atoms with van der Waals surface area (Å²) >= 11 is 0. The Morgan fingerprint density at radius 2 is 1.97 bits per heavy atom. The molecule has 3 N–H and O–H groups in total. The molecule has 0 radical (unpaired) electrons. The van der Waals surface area contributed by atoms with Gasteiger partial charge in [-0.2, -0.15) is 0 Å². The average molecular weight is 416 g/mol. The number of aryl methyl sites for hydroxylation is 1. The van der Waals surface area contributed by atoms with Crippen LogP contribution < -0.4 is 20.1 Å². The fraction of sp³-hybridized carbons (Fsp3) is 0.429. The number of pyridine rings is 1. The molecule has 9 heteroatoms. The number of amides is 1. The summed E-state index contributed by atoms with van der Waals surface area (Å²) in [5.41, 5.74) is 0.124. The molecule has 2 aromatic rings. The van der Waals surface area contributed by atoms with Crippen LogP contribution in [0.25, 0.3) is 0 Å². The summed E-state index contributed by atoms with van der Waals surface area (Å²) in [7, 11) is 0. The van der Waals surface area contributed by atoms with E-state index < -0.39 is 5.97 Å². The molecule has 0 atom stereocenters. The highest BCUT2D eigenvalue weighted by Crippen LogP contribution is 2.28. The number of nitrogens with zero attached hydrogens (tertiary/aromatic N) is 1. The number of ketones is 1. The zero-order valence-corrected chi connectivity index (χ0v) is 17.5. The number of aromatic nitrogens is 1. The number of H-pyrrole nitrogens is 1. The quantitative estimate of drug-likeness (QED) is 0.491. The first-order valence-electron chi connectivity index (χ1n) is 10.1. The van der Waals surface area contributed by atoms with E-state index in [2.05, 4.69) is 15.2 Å². The van der Waals surface area contributed by atoms with Gasteiger partial charge in [-0.15, -0.1) is 0 Å². The molecule has 0 bridgehead atoms. The number of hydrogen-bond donors (Lipinski definition) is 2. The second kappa shape index (κ2) is 9.53. The Labute approximate surface area is 175 Å². The topological polar surface area (TPSA) is 107 Å². The van der Waals surface area contributed by atoms with Crippen molar-refractivity contribution in [3.63, 3.8) is 0 Å². The van der Waals surface area contributed by atoms with Gasteiger partial charge >= 0.3 is 5.97 Å². The van der Waals surface area contributed by atoms with Crippen molar-refractivity contribution >= 4 is 29.4 Å². The Bertz CT molecular complexity index is 917. The van der Waals surface area contributed by atoms with Crippen molar-refractivity contribution in [2.75, 3.05) is 49.5 Å². The molecule has 0 unspecified atom stereocenters. The van der Waals surface area contributed by atoms with E-state index in [1.165, 1.54) is 6.92 Å². The van der Waals surface area contributed by atoms with E-state index in [1.54, 1.807) is 13.8 Å². The number of piperazine rings is 1. The number of furan rings is 1. The van der Waals surface area contributed by atoms with E-state index in [-0.39, 0.29) is 47.6 Å². The molecule has 0 spiro atoms. The fourth-order valence-electron chi connectivity index (χ4n) is 3.67. The van der Waals surface area contributed by atoms with Crippen molar-refractivity contribution in [1.82, 2.24) is 0 Å². The molecule has 1 saturated heterocycles. The normalized spacial score (nSPS) is 14.4. The standard InChI is InChI=1S/C21H26N4O5/c1-4-29-21(28)19-18(14(2)26)15(3)30-20(19)23-17(27)13-24-9-11-25(12-10-24)16-7-5-6-8-22-16/h5-8H,4,9-13H2,1-3H3,(H,23,27)/p+2. The third kappa shape index (κ3) is 4.85. The minimum atomic E-state index is -0.685. The van der Waals surface area contributed by atoms with Gasteiger partial charge in [0.05, 0.1) is 18.4 Å². The number of Topliss-reactive ketones (excluding diaryl/α,β-unsaturated/α-hetero) is 1. The monoisotopic (exact) mass is 416 g/mol. The molecule has 1 amide bonds. The van der Waals surface area contributed by atoms with Crippen LogP contribution in [0.3, 0.4) is 0 Å². The molecule has 30 heavy (non-hydrogen) atoms. The Morgan fingerprint density at radius 3 is 2.57 bits per heavy atom. The lowest BCUT2D eigenvalue weighted by Gasteiger charge is -2.27. The van der Waals surface area contributed by atoms with E-state index in [9.17, 15) is 14.4 Å². The van der Waals surface area contributed by atoms with Gasteiger partial charge in [0.2, 0.25) is 5.88 Å². The molecule has 0 saturated carbocycles. The summed E-state index contributed by atoms with van der Waals surface area (Å²) in [5, 5.41) is 2.66. The summed E-state index contributed by atoms with van der Waals surface area (Å²) in [6, 6.07) is 5.95. The number of rotatable bonds is 7. The number of ether oxygens (including phenoxy) is 1. The predicted molar refractivity (Wildman–Crippen MR) is 109 cm³/mol. The number of carbonyl (C=O) groups excluding carboxylic acids is 3. The highest BCUT2D eigenvalue weighted by atomic mass is 16.5. The van der Waals surface area contributed by atoms with Crippen molar-refractivity contribution in [2.45, 2.75) is 20.8 Å². The zero-order chi connectivity index (χ0) is 21.7. The van der Waals surface area contributed by atoms with Crippen LogP contribution in [0.2, 0.25) is 0 Å². The molecule has 0 aromatic carbocycles. The van der Waals surface area contributed by atoms with Gasteiger partial charge in [-0.05, 0) is 26.8 Å². The van der Waals surface area contributed by atoms with Crippen LogP contribution in [0.15, 0.2) is 28.8 Å². The largest absolute Gasteiger partial charge is 0.462 e. The number of quaternary nitrogens is 1. The summed E-state index contributed by atoms with van der Waals surface area (Å²) in [6.45, 7) is 8.25. The number of esters is 1. The van der Waals surface area contributed by atoms with Crippen molar-refractivity contribution in [3.8, 4) is 0 Å². The highest BCUT2D eigenvalue weighted by Gasteiger charge is 2.31. The Hall–Kier alpha value is -3.20. The van der Waals surface area contributed by atoms with Gasteiger partial charge in [0.15, 0.2) is 12.3 Å². The zero-order valence-electron chi connectivity index (χ0n) is 17.5. The number of aromatic amines is 1. The molecular formula is C21H28N4O5+2. The first-order chi connectivity index (χ1) is 14.4. The maximum Gasteiger partial charge on any atom is 0.344 e. The maximum atomic E-state index is 12.6. The van der Waals surface area contributed by atoms with Gasteiger partial charge in [0, 0.05) is 6.07 Å². The van der Waals surface area contributed by atoms with Crippen molar-refractivity contribution in [3.05, 3.63) is 41.3 Å². The van der Waals surface area contributed by atoms with Crippen LogP contribution >= 0.6 is 0 Å². The lowest BCUT2D eigenvalue weighted by Crippen LogP contribution is -3.15. The van der Waals surface area contributed by atoms with Crippen molar-refractivity contribution < 1.29 is 33.4 Å². The van der Waals surface area contributed by atoms with Crippen LogP contribution in [0.5, 0.6) is 0 Å². The molecule has 0 aliphatic carbocycles. The Kier molecular flexibility index (Phi) is 6.83.